The number of carbonyl (C=O) groups is 2. The predicted octanol–water partition coefficient (Wildman–Crippen LogP) is 3.01. The molecule has 1 fully saturated rings. The molecule has 3 heterocycles. The van der Waals surface area contributed by atoms with Crippen LogP contribution in [0.1, 0.15) is 13.8 Å². The Labute approximate surface area is 175 Å². The smallest absolute Gasteiger partial charge is 0.325 e. The first kappa shape index (κ1) is 19.7. The van der Waals surface area contributed by atoms with Crippen molar-refractivity contribution in [3.63, 3.8) is 0 Å². The molecule has 1 aliphatic rings. The second-order valence-corrected chi connectivity index (χ2v) is 8.34. The number of urea groups is 1. The Bertz CT molecular complexity index is 1170. The van der Waals surface area contributed by atoms with Crippen molar-refractivity contribution >= 4 is 45.0 Å². The summed E-state index contributed by atoms with van der Waals surface area (Å²) in [4.78, 5) is 45.3. The fourth-order valence-corrected chi connectivity index (χ4v) is 4.22. The number of carbonyl (C=O) groups excluding carboxylic acids is 2. The van der Waals surface area contributed by atoms with E-state index in [1.807, 2.05) is 6.07 Å². The highest BCUT2D eigenvalue weighted by Crippen LogP contribution is 2.34. The first-order valence-corrected chi connectivity index (χ1v) is 9.96. The average Bonchev–Trinajstić information content (AvgIpc) is 3.21. The van der Waals surface area contributed by atoms with Crippen LogP contribution in [-0.2, 0) is 4.79 Å². The molecule has 1 aliphatic heterocycles. The van der Waals surface area contributed by atoms with Gasteiger partial charge in [-0.3, -0.25) is 20.2 Å². The number of nitrogens with one attached hydrogen (secondary N) is 2. The molecule has 4 rings (SSSR count). The molecule has 30 heavy (non-hydrogen) atoms. The number of nitrogens with zero attached hydrogens (tertiary/aromatic N) is 4. The Kier molecular flexibility index (Phi) is 4.82. The zero-order chi connectivity index (χ0) is 21.5. The largest absolute Gasteiger partial charge is 0.352 e. The molecule has 0 radical (unpaired) electrons. The van der Waals surface area contributed by atoms with E-state index in [-0.39, 0.29) is 11.6 Å². The molecular weight excluding hydrogens is 408 g/mol. The number of non-ortho nitro benzene ring substituents is 1. The molecule has 0 aliphatic carbocycles. The van der Waals surface area contributed by atoms with Crippen molar-refractivity contribution in [3.05, 3.63) is 46.6 Å². The van der Waals surface area contributed by atoms with E-state index in [2.05, 4.69) is 20.6 Å². The Morgan fingerprint density at radius 1 is 1.27 bits per heavy atom. The summed E-state index contributed by atoms with van der Waals surface area (Å²) in [6, 6.07) is 7.96. The normalized spacial score (nSPS) is 15.5. The van der Waals surface area contributed by atoms with Crippen molar-refractivity contribution in [2.24, 2.45) is 0 Å². The van der Waals surface area contributed by atoms with Gasteiger partial charge in [-0.05, 0) is 37.4 Å². The van der Waals surface area contributed by atoms with Crippen LogP contribution in [0.3, 0.4) is 0 Å². The maximum atomic E-state index is 11.9. The lowest BCUT2D eigenvalue weighted by Crippen LogP contribution is -2.46. The van der Waals surface area contributed by atoms with Crippen molar-refractivity contribution in [3.8, 4) is 10.6 Å². The number of imide groups is 1. The van der Waals surface area contributed by atoms with Gasteiger partial charge in [-0.2, -0.15) is 0 Å². The van der Waals surface area contributed by atoms with Gasteiger partial charge in [0.1, 0.15) is 5.54 Å². The molecule has 0 unspecified atom stereocenters. The fourth-order valence-electron chi connectivity index (χ4n) is 3.21. The third-order valence-electron chi connectivity index (χ3n) is 4.93. The highest BCUT2D eigenvalue weighted by molar-refractivity contribution is 7.22. The number of benzene rings is 1. The molecule has 11 heteroatoms. The van der Waals surface area contributed by atoms with E-state index in [9.17, 15) is 19.7 Å². The van der Waals surface area contributed by atoms with Crippen molar-refractivity contribution < 1.29 is 14.5 Å². The van der Waals surface area contributed by atoms with E-state index in [0.717, 1.165) is 15.0 Å². The number of hydrogen-bond acceptors (Lipinski definition) is 8. The van der Waals surface area contributed by atoms with Crippen LogP contribution >= 0.6 is 11.3 Å². The SMILES string of the molecule is CC1(C)C(=O)NC(=O)N1CCNc1nccc(-c2cc3cc([N+](=O)[O-])ccc3s2)n1. The highest BCUT2D eigenvalue weighted by Gasteiger charge is 2.44. The molecule has 2 aromatic heterocycles. The maximum absolute atomic E-state index is 11.9. The van der Waals surface area contributed by atoms with E-state index in [4.69, 9.17) is 0 Å². The molecule has 2 N–H and O–H groups in total. The van der Waals surface area contributed by atoms with E-state index < -0.39 is 16.5 Å². The van der Waals surface area contributed by atoms with Gasteiger partial charge >= 0.3 is 6.03 Å². The Hall–Kier alpha value is -3.60. The minimum Gasteiger partial charge on any atom is -0.352 e. The fraction of sp³-hybridized carbons (Fsp3) is 0.263. The molecule has 1 aromatic carbocycles. The van der Waals surface area contributed by atoms with Gasteiger partial charge in [-0.15, -0.1) is 11.3 Å². The zero-order valence-corrected chi connectivity index (χ0v) is 17.0. The van der Waals surface area contributed by atoms with Crippen LogP contribution < -0.4 is 10.6 Å². The number of rotatable bonds is 6. The molecule has 0 saturated carbocycles. The van der Waals surface area contributed by atoms with Gasteiger partial charge in [-0.25, -0.2) is 14.8 Å². The minimum absolute atomic E-state index is 0.0456. The molecule has 154 valence electrons. The summed E-state index contributed by atoms with van der Waals surface area (Å²) in [6.45, 7) is 4.06. The summed E-state index contributed by atoms with van der Waals surface area (Å²) in [5, 5.41) is 17.1. The van der Waals surface area contributed by atoms with Crippen molar-refractivity contribution in [2.75, 3.05) is 18.4 Å². The van der Waals surface area contributed by atoms with Gasteiger partial charge in [0.05, 0.1) is 15.5 Å². The number of nitro benzene ring substituents is 1. The summed E-state index contributed by atoms with van der Waals surface area (Å²) >= 11 is 1.48. The Balaban J connectivity index is 1.48. The Morgan fingerprint density at radius 3 is 2.77 bits per heavy atom. The number of thiophene rings is 1. The molecule has 3 aromatic rings. The predicted molar refractivity (Wildman–Crippen MR) is 112 cm³/mol. The first-order valence-electron chi connectivity index (χ1n) is 9.14. The van der Waals surface area contributed by atoms with Crippen molar-refractivity contribution in [1.82, 2.24) is 20.2 Å². The van der Waals surface area contributed by atoms with Gasteiger partial charge in [0.2, 0.25) is 5.95 Å². The third kappa shape index (κ3) is 3.54. The average molecular weight is 426 g/mol. The van der Waals surface area contributed by atoms with Crippen LogP contribution in [0.2, 0.25) is 0 Å². The van der Waals surface area contributed by atoms with Gasteiger partial charge < -0.3 is 10.2 Å². The van der Waals surface area contributed by atoms with Gasteiger partial charge in [0.15, 0.2) is 0 Å². The lowest BCUT2D eigenvalue weighted by molar-refractivity contribution is -0.384. The van der Waals surface area contributed by atoms with Gasteiger partial charge in [0.25, 0.3) is 11.6 Å². The molecule has 0 spiro atoms. The van der Waals surface area contributed by atoms with Crippen LogP contribution in [0.5, 0.6) is 0 Å². The van der Waals surface area contributed by atoms with Gasteiger partial charge in [0, 0.05) is 36.1 Å². The number of amides is 3. The minimum atomic E-state index is -0.902. The van der Waals surface area contributed by atoms with Crippen LogP contribution in [0.15, 0.2) is 36.5 Å². The highest BCUT2D eigenvalue weighted by atomic mass is 32.1. The summed E-state index contributed by atoms with van der Waals surface area (Å²) in [7, 11) is 0. The molecule has 0 bridgehead atoms. The second kappa shape index (κ2) is 7.34. The molecule has 10 nitrogen and oxygen atoms in total. The monoisotopic (exact) mass is 426 g/mol. The number of nitro groups is 1. The van der Waals surface area contributed by atoms with E-state index in [1.54, 1.807) is 38.2 Å². The number of aromatic nitrogens is 2. The Morgan fingerprint density at radius 2 is 2.07 bits per heavy atom. The number of hydrogen-bond donors (Lipinski definition) is 2. The molecule has 0 atom stereocenters. The van der Waals surface area contributed by atoms with Crippen LogP contribution in [-0.4, -0.2) is 50.4 Å². The van der Waals surface area contributed by atoms with E-state index in [0.29, 0.717) is 24.7 Å². The molecular formula is C19H18N6O4S. The zero-order valence-electron chi connectivity index (χ0n) is 16.2. The number of anilines is 1. The van der Waals surface area contributed by atoms with Crippen molar-refractivity contribution in [2.45, 2.75) is 19.4 Å². The summed E-state index contributed by atoms with van der Waals surface area (Å²) in [5.74, 6) is 0.0652. The standard InChI is InChI=1S/C19H18N6O4S/c1-19(2)16(26)23-18(27)24(19)8-7-21-17-20-6-5-13(22-17)15-10-11-9-12(25(28)29)3-4-14(11)30-15/h3-6,9-10H,7-8H2,1-2H3,(H,20,21,22)(H,23,26,27). The van der Waals surface area contributed by atoms with E-state index >= 15 is 0 Å². The maximum Gasteiger partial charge on any atom is 0.325 e. The lowest BCUT2D eigenvalue weighted by atomic mass is 10.0. The quantitative estimate of drug-likeness (QED) is 0.352. The van der Waals surface area contributed by atoms with Crippen LogP contribution in [0.4, 0.5) is 16.4 Å². The summed E-state index contributed by atoms with van der Waals surface area (Å²) < 4.78 is 0.927. The second-order valence-electron chi connectivity index (χ2n) is 7.25. The number of fused-ring (bicyclic) bond motifs is 1. The summed E-state index contributed by atoms with van der Waals surface area (Å²) in [5.41, 5.74) is -0.170. The summed E-state index contributed by atoms with van der Waals surface area (Å²) in [6.07, 6.45) is 1.62. The van der Waals surface area contributed by atoms with Gasteiger partial charge in [-0.1, -0.05) is 0 Å². The lowest BCUT2D eigenvalue weighted by Gasteiger charge is -2.27. The first-order chi connectivity index (χ1) is 14.3. The van der Waals surface area contributed by atoms with Crippen LogP contribution in [0, 0.1) is 10.1 Å². The van der Waals surface area contributed by atoms with Crippen LogP contribution in [0.25, 0.3) is 20.7 Å². The molecule has 3 amide bonds. The van der Waals surface area contributed by atoms with E-state index in [1.165, 1.54) is 22.3 Å². The topological polar surface area (TPSA) is 130 Å². The molecule has 1 saturated heterocycles. The van der Waals surface area contributed by atoms with Crippen molar-refractivity contribution in [1.29, 1.82) is 0 Å². The third-order valence-corrected chi connectivity index (χ3v) is 6.07.